The van der Waals surface area contributed by atoms with Crippen LogP contribution in [0, 0.1) is 12.3 Å². The molecule has 2 aliphatic rings. The van der Waals surface area contributed by atoms with E-state index in [0.29, 0.717) is 13.0 Å². The first-order valence-corrected chi connectivity index (χ1v) is 8.05. The first-order valence-electron chi connectivity index (χ1n) is 8.05. The van der Waals surface area contributed by atoms with E-state index in [1.54, 1.807) is 12.4 Å². The Hall–Kier alpha value is -1.08. The van der Waals surface area contributed by atoms with E-state index in [1.165, 1.54) is 0 Å². The molecule has 1 saturated carbocycles. The SMILES string of the molecule is Cc1nccnc1CN1CCC2(CC1)C(O)CC2OCCO. The van der Waals surface area contributed by atoms with Gasteiger partial charge in [-0.2, -0.15) is 0 Å². The number of likely N-dealkylation sites (tertiary alicyclic amines) is 1. The van der Waals surface area contributed by atoms with E-state index in [9.17, 15) is 5.11 Å². The molecule has 1 aromatic heterocycles. The topological polar surface area (TPSA) is 78.7 Å². The number of nitrogens with zero attached hydrogens (tertiary/aromatic N) is 3. The molecule has 22 heavy (non-hydrogen) atoms. The van der Waals surface area contributed by atoms with Crippen molar-refractivity contribution in [1.29, 1.82) is 0 Å². The number of hydrogen-bond donors (Lipinski definition) is 2. The molecule has 1 aromatic rings. The summed E-state index contributed by atoms with van der Waals surface area (Å²) in [4.78, 5) is 11.1. The second kappa shape index (κ2) is 6.58. The van der Waals surface area contributed by atoms with E-state index < -0.39 is 0 Å². The number of aliphatic hydroxyl groups is 2. The quantitative estimate of drug-likeness (QED) is 0.825. The molecule has 6 nitrogen and oxygen atoms in total. The van der Waals surface area contributed by atoms with Crippen molar-refractivity contribution >= 4 is 0 Å². The molecule has 0 bridgehead atoms. The molecular formula is C16H25N3O3. The number of piperidine rings is 1. The van der Waals surface area contributed by atoms with Gasteiger partial charge in [0.25, 0.3) is 0 Å². The zero-order valence-electron chi connectivity index (χ0n) is 13.1. The van der Waals surface area contributed by atoms with Crippen LogP contribution in [0.4, 0.5) is 0 Å². The van der Waals surface area contributed by atoms with E-state index in [4.69, 9.17) is 9.84 Å². The predicted molar refractivity (Wildman–Crippen MR) is 81.2 cm³/mol. The Morgan fingerprint density at radius 1 is 1.32 bits per heavy atom. The molecule has 0 aromatic carbocycles. The van der Waals surface area contributed by atoms with Crippen molar-refractivity contribution in [2.24, 2.45) is 5.41 Å². The lowest BCUT2D eigenvalue weighted by Gasteiger charge is -2.56. The first-order chi connectivity index (χ1) is 10.7. The van der Waals surface area contributed by atoms with Gasteiger partial charge in [-0.1, -0.05) is 0 Å². The summed E-state index contributed by atoms with van der Waals surface area (Å²) in [7, 11) is 0. The number of rotatable bonds is 5. The molecule has 1 saturated heterocycles. The molecule has 2 atom stereocenters. The number of hydrogen-bond acceptors (Lipinski definition) is 6. The van der Waals surface area contributed by atoms with Crippen LogP contribution in [-0.2, 0) is 11.3 Å². The molecule has 2 unspecified atom stereocenters. The summed E-state index contributed by atoms with van der Waals surface area (Å²) in [6.45, 7) is 5.08. The summed E-state index contributed by atoms with van der Waals surface area (Å²) in [5, 5.41) is 19.1. The molecule has 0 amide bonds. The molecule has 1 spiro atoms. The van der Waals surface area contributed by atoms with Crippen LogP contribution in [0.5, 0.6) is 0 Å². The van der Waals surface area contributed by atoms with Crippen molar-refractivity contribution in [1.82, 2.24) is 14.9 Å². The van der Waals surface area contributed by atoms with Gasteiger partial charge in [-0.3, -0.25) is 14.9 Å². The zero-order chi connectivity index (χ0) is 15.6. The van der Waals surface area contributed by atoms with Crippen molar-refractivity contribution in [3.63, 3.8) is 0 Å². The fraction of sp³-hybridized carbons (Fsp3) is 0.750. The van der Waals surface area contributed by atoms with Gasteiger partial charge in [0.05, 0.1) is 36.8 Å². The van der Waals surface area contributed by atoms with Gasteiger partial charge in [-0.15, -0.1) is 0 Å². The molecular weight excluding hydrogens is 282 g/mol. The van der Waals surface area contributed by atoms with Crippen LogP contribution in [0.3, 0.4) is 0 Å². The predicted octanol–water partition coefficient (Wildman–Crippen LogP) is 0.509. The van der Waals surface area contributed by atoms with Crippen LogP contribution in [0.15, 0.2) is 12.4 Å². The Balaban J connectivity index is 1.57. The third-order valence-electron chi connectivity index (χ3n) is 5.30. The normalized spacial score (nSPS) is 27.8. The van der Waals surface area contributed by atoms with Crippen LogP contribution >= 0.6 is 0 Å². The minimum atomic E-state index is -0.267. The minimum Gasteiger partial charge on any atom is -0.394 e. The van der Waals surface area contributed by atoms with Crippen LogP contribution in [-0.4, -0.2) is 63.6 Å². The molecule has 6 heteroatoms. The summed E-state index contributed by atoms with van der Waals surface area (Å²) in [6.07, 6.45) is 5.85. The van der Waals surface area contributed by atoms with Gasteiger partial charge >= 0.3 is 0 Å². The number of aromatic nitrogens is 2. The van der Waals surface area contributed by atoms with Gasteiger partial charge < -0.3 is 14.9 Å². The second-order valence-corrected chi connectivity index (χ2v) is 6.43. The molecule has 1 aliphatic heterocycles. The lowest BCUT2D eigenvalue weighted by Crippen LogP contribution is -2.62. The molecule has 2 N–H and O–H groups in total. The third-order valence-corrected chi connectivity index (χ3v) is 5.30. The maximum Gasteiger partial charge on any atom is 0.0755 e. The highest BCUT2D eigenvalue weighted by molar-refractivity contribution is 5.10. The summed E-state index contributed by atoms with van der Waals surface area (Å²) in [6, 6.07) is 0. The van der Waals surface area contributed by atoms with Crippen LogP contribution in [0.1, 0.15) is 30.7 Å². The van der Waals surface area contributed by atoms with Crippen molar-refractivity contribution in [3.8, 4) is 0 Å². The fourth-order valence-corrected chi connectivity index (χ4v) is 3.74. The van der Waals surface area contributed by atoms with E-state index >= 15 is 0 Å². The second-order valence-electron chi connectivity index (χ2n) is 6.43. The lowest BCUT2D eigenvalue weighted by atomic mass is 9.58. The number of aryl methyl sites for hydroxylation is 1. The smallest absolute Gasteiger partial charge is 0.0755 e. The highest BCUT2D eigenvalue weighted by atomic mass is 16.5. The summed E-state index contributed by atoms with van der Waals surface area (Å²) in [5.41, 5.74) is 1.90. The monoisotopic (exact) mass is 307 g/mol. The highest BCUT2D eigenvalue weighted by Gasteiger charge is 2.56. The Morgan fingerprint density at radius 2 is 2.05 bits per heavy atom. The van der Waals surface area contributed by atoms with Gasteiger partial charge in [0, 0.05) is 30.8 Å². The van der Waals surface area contributed by atoms with Crippen molar-refractivity contribution in [2.45, 2.75) is 44.9 Å². The standard InChI is InChI=1S/C16H25N3O3/c1-12-13(18-5-4-17-12)11-19-6-2-16(3-7-19)14(21)10-15(16)22-9-8-20/h4-5,14-15,20-21H,2-3,6-11H2,1H3. The Bertz CT molecular complexity index is 503. The maximum absolute atomic E-state index is 10.2. The van der Waals surface area contributed by atoms with Crippen LogP contribution in [0.25, 0.3) is 0 Å². The summed E-state index contributed by atoms with van der Waals surface area (Å²) >= 11 is 0. The average Bonchev–Trinajstić information content (AvgIpc) is 2.54. The zero-order valence-corrected chi connectivity index (χ0v) is 13.1. The molecule has 122 valence electrons. The van der Waals surface area contributed by atoms with Crippen molar-refractivity contribution in [3.05, 3.63) is 23.8 Å². The average molecular weight is 307 g/mol. The molecule has 0 radical (unpaired) electrons. The van der Waals surface area contributed by atoms with Gasteiger partial charge in [-0.05, 0) is 32.9 Å². The van der Waals surface area contributed by atoms with Gasteiger partial charge in [0.2, 0.25) is 0 Å². The maximum atomic E-state index is 10.2. The van der Waals surface area contributed by atoms with Crippen LogP contribution < -0.4 is 0 Å². The fourth-order valence-electron chi connectivity index (χ4n) is 3.74. The van der Waals surface area contributed by atoms with Gasteiger partial charge in [0.15, 0.2) is 0 Å². The van der Waals surface area contributed by atoms with Gasteiger partial charge in [0.1, 0.15) is 0 Å². The van der Waals surface area contributed by atoms with Crippen LogP contribution in [0.2, 0.25) is 0 Å². The molecule has 2 fully saturated rings. The number of aliphatic hydroxyl groups excluding tert-OH is 2. The van der Waals surface area contributed by atoms with E-state index in [-0.39, 0.29) is 24.2 Å². The first kappa shape index (κ1) is 15.8. The number of ether oxygens (including phenoxy) is 1. The largest absolute Gasteiger partial charge is 0.394 e. The Morgan fingerprint density at radius 3 is 2.68 bits per heavy atom. The molecule has 2 heterocycles. The summed E-state index contributed by atoms with van der Waals surface area (Å²) < 4.78 is 5.71. The van der Waals surface area contributed by atoms with E-state index in [0.717, 1.165) is 43.9 Å². The summed E-state index contributed by atoms with van der Waals surface area (Å²) in [5.74, 6) is 0. The minimum absolute atomic E-state index is 0.0424. The van der Waals surface area contributed by atoms with Crippen molar-refractivity contribution in [2.75, 3.05) is 26.3 Å². The molecule has 3 rings (SSSR count). The lowest BCUT2D eigenvalue weighted by molar-refractivity contribution is -0.213. The van der Waals surface area contributed by atoms with Gasteiger partial charge in [-0.25, -0.2) is 0 Å². The third kappa shape index (κ3) is 2.88. The van der Waals surface area contributed by atoms with Crippen molar-refractivity contribution < 1.29 is 14.9 Å². The molecule has 1 aliphatic carbocycles. The van der Waals surface area contributed by atoms with E-state index in [1.807, 2.05) is 6.92 Å². The Labute approximate surface area is 131 Å². The highest BCUT2D eigenvalue weighted by Crippen LogP contribution is 2.51. The Kier molecular flexibility index (Phi) is 4.73. The van der Waals surface area contributed by atoms with E-state index in [2.05, 4.69) is 14.9 Å².